The summed E-state index contributed by atoms with van der Waals surface area (Å²) < 4.78 is 72.4. The van der Waals surface area contributed by atoms with E-state index in [0.29, 0.717) is 26.3 Å². The summed E-state index contributed by atoms with van der Waals surface area (Å²) in [5.41, 5.74) is -0.949. The van der Waals surface area contributed by atoms with Gasteiger partial charge in [0.05, 0.1) is 18.7 Å². The van der Waals surface area contributed by atoms with Crippen molar-refractivity contribution in [3.8, 4) is 0 Å². The Hall–Kier alpha value is -3.30. The minimum Gasteiger partial charge on any atom is -0.381 e. The second-order valence-electron chi connectivity index (χ2n) is 8.14. The fourth-order valence-corrected chi connectivity index (χ4v) is 4.09. The molecule has 8 nitrogen and oxygen atoms in total. The Labute approximate surface area is 205 Å². The van der Waals surface area contributed by atoms with Crippen LogP contribution in [0.3, 0.4) is 0 Å². The van der Waals surface area contributed by atoms with E-state index in [4.69, 9.17) is 13.0 Å². The van der Waals surface area contributed by atoms with E-state index in [0.717, 1.165) is 17.0 Å². The van der Waals surface area contributed by atoms with Gasteiger partial charge in [-0.2, -0.15) is 0 Å². The summed E-state index contributed by atoms with van der Waals surface area (Å²) in [5, 5.41) is 4.63. The maximum atomic E-state index is 15.0. The number of nitrogens with one attached hydrogen (secondary N) is 2. The number of imide groups is 1. The molecule has 2 aromatic rings. The molecule has 34 heavy (non-hydrogen) atoms. The minimum atomic E-state index is -2.67. The monoisotopic (exact) mass is 472 g/mol. The van der Waals surface area contributed by atoms with E-state index in [1.54, 1.807) is 0 Å². The molecule has 2 fully saturated rings. The molecular weight excluding hydrogens is 439 g/mol. The lowest BCUT2D eigenvalue weighted by Gasteiger charge is -2.29. The van der Waals surface area contributed by atoms with Gasteiger partial charge in [0, 0.05) is 64.1 Å². The second-order valence-corrected chi connectivity index (χ2v) is 8.14. The number of morpholine rings is 1. The molecule has 2 saturated heterocycles. The number of fused-ring (bicyclic) bond motifs is 1. The number of halogens is 1. The van der Waals surface area contributed by atoms with Crippen LogP contribution in [0.1, 0.15) is 48.1 Å². The number of rotatable bonds is 6. The van der Waals surface area contributed by atoms with Crippen molar-refractivity contribution < 1.29 is 31.7 Å². The lowest BCUT2D eigenvalue weighted by molar-refractivity contribution is -0.136. The number of nitrogens with zero attached hydrogens (tertiary/aromatic N) is 2. The van der Waals surface area contributed by atoms with Gasteiger partial charge in [0.25, 0.3) is 5.91 Å². The standard InChI is InChI=1S/C25H27FN4O4/c26-20-5-4-16(14-29-8-10-34-11-9-29)12-17(20)13-27-21-3-1-2-18-19(21)15-30(25(18)33)22-6-7-23(31)28-24(22)32/h1-5,12,22,27H,6-11,13-15H2,(H,28,31,32)/i13D2,14D2,15D2. The Morgan fingerprint density at radius 1 is 1.21 bits per heavy atom. The van der Waals surface area contributed by atoms with E-state index in [-0.39, 0.29) is 35.2 Å². The fourth-order valence-electron chi connectivity index (χ4n) is 4.09. The predicted molar refractivity (Wildman–Crippen MR) is 122 cm³/mol. The van der Waals surface area contributed by atoms with Gasteiger partial charge in [0.2, 0.25) is 11.8 Å². The number of piperidine rings is 1. The first kappa shape index (κ1) is 16.3. The number of benzene rings is 2. The molecule has 3 aliphatic rings. The van der Waals surface area contributed by atoms with Crippen molar-refractivity contribution in [2.45, 2.75) is 38.4 Å². The molecule has 178 valence electrons. The van der Waals surface area contributed by atoms with Crippen molar-refractivity contribution in [3.63, 3.8) is 0 Å². The van der Waals surface area contributed by atoms with Gasteiger partial charge in [0.1, 0.15) is 11.9 Å². The van der Waals surface area contributed by atoms with Gasteiger partial charge in [-0.3, -0.25) is 24.6 Å². The van der Waals surface area contributed by atoms with Crippen molar-refractivity contribution in [1.82, 2.24) is 15.1 Å². The van der Waals surface area contributed by atoms with Crippen LogP contribution in [0.2, 0.25) is 0 Å². The first-order valence-corrected chi connectivity index (χ1v) is 11.0. The molecule has 3 amide bonds. The molecule has 2 N–H and O–H groups in total. The highest BCUT2D eigenvalue weighted by Crippen LogP contribution is 2.32. The molecule has 1 unspecified atom stereocenters. The first-order valence-electron chi connectivity index (χ1n) is 14.0. The maximum absolute atomic E-state index is 15.0. The molecule has 2 aromatic carbocycles. The number of hydrogen-bond acceptors (Lipinski definition) is 6. The molecule has 0 aromatic heterocycles. The van der Waals surface area contributed by atoms with Gasteiger partial charge >= 0.3 is 0 Å². The molecule has 0 aliphatic carbocycles. The zero-order valence-electron chi connectivity index (χ0n) is 24.2. The van der Waals surface area contributed by atoms with Gasteiger partial charge < -0.3 is 15.0 Å². The summed E-state index contributed by atoms with van der Waals surface area (Å²) in [4.78, 5) is 39.6. The zero-order chi connectivity index (χ0) is 29.0. The Balaban J connectivity index is 1.49. The third-order valence-corrected chi connectivity index (χ3v) is 5.86. The number of carbonyl (C=O) groups is 3. The number of ether oxygens (including phenoxy) is 1. The molecule has 0 spiro atoms. The normalized spacial score (nSPS) is 25.9. The minimum absolute atomic E-state index is 0.0318. The van der Waals surface area contributed by atoms with Crippen LogP contribution in [0.25, 0.3) is 0 Å². The van der Waals surface area contributed by atoms with Crippen LogP contribution in [0.15, 0.2) is 36.4 Å². The topological polar surface area (TPSA) is 91.0 Å². The SMILES string of the molecule is [2H]C([2H])(Nc1cccc2c1C([2H])([2H])N(C1CCC(=O)NC1=O)C2=O)c1cc(C([2H])([2H])N2CCOCC2)ccc1F. The zero-order valence-corrected chi connectivity index (χ0v) is 18.2. The van der Waals surface area contributed by atoms with Crippen LogP contribution in [0.4, 0.5) is 10.1 Å². The molecule has 0 radical (unpaired) electrons. The average Bonchev–Trinajstić information content (AvgIpc) is 3.10. The summed E-state index contributed by atoms with van der Waals surface area (Å²) in [6.45, 7) is -6.03. The summed E-state index contributed by atoms with van der Waals surface area (Å²) in [6, 6.07) is 6.16. The Kier molecular flexibility index (Phi) is 4.58. The number of hydrogen-bond donors (Lipinski definition) is 2. The highest BCUT2D eigenvalue weighted by atomic mass is 19.1. The largest absolute Gasteiger partial charge is 0.381 e. The Morgan fingerprint density at radius 2 is 2.03 bits per heavy atom. The van der Waals surface area contributed by atoms with Gasteiger partial charge in [-0.25, -0.2) is 4.39 Å². The summed E-state index contributed by atoms with van der Waals surface area (Å²) in [7, 11) is 0. The third-order valence-electron chi connectivity index (χ3n) is 5.86. The van der Waals surface area contributed by atoms with Gasteiger partial charge in [-0.1, -0.05) is 12.1 Å². The Bertz CT molecular complexity index is 1390. The number of anilines is 1. The van der Waals surface area contributed by atoms with Crippen LogP contribution in [-0.4, -0.2) is 59.9 Å². The van der Waals surface area contributed by atoms with Crippen LogP contribution >= 0.6 is 0 Å². The average molecular weight is 473 g/mol. The van der Waals surface area contributed by atoms with Crippen LogP contribution < -0.4 is 10.6 Å². The van der Waals surface area contributed by atoms with Crippen molar-refractivity contribution >= 4 is 23.4 Å². The maximum Gasteiger partial charge on any atom is 0.255 e. The molecule has 3 aliphatic heterocycles. The quantitative estimate of drug-likeness (QED) is 0.626. The van der Waals surface area contributed by atoms with E-state index in [1.807, 2.05) is 0 Å². The Morgan fingerprint density at radius 3 is 2.82 bits per heavy atom. The number of amides is 3. The highest BCUT2D eigenvalue weighted by Gasteiger charge is 2.39. The van der Waals surface area contributed by atoms with Crippen molar-refractivity contribution in [1.29, 1.82) is 0 Å². The molecule has 5 rings (SSSR count). The molecule has 0 bridgehead atoms. The molecule has 3 heterocycles. The van der Waals surface area contributed by atoms with E-state index in [2.05, 4.69) is 10.6 Å². The van der Waals surface area contributed by atoms with Crippen LogP contribution in [0, 0.1) is 5.82 Å². The smallest absolute Gasteiger partial charge is 0.255 e. The summed E-state index contributed by atoms with van der Waals surface area (Å²) >= 11 is 0. The molecule has 0 saturated carbocycles. The summed E-state index contributed by atoms with van der Waals surface area (Å²) in [6.07, 6.45) is -0.148. The van der Waals surface area contributed by atoms with Crippen LogP contribution in [0.5, 0.6) is 0 Å². The van der Waals surface area contributed by atoms with Crippen molar-refractivity contribution in [3.05, 3.63) is 64.5 Å². The molecule has 9 heteroatoms. The predicted octanol–water partition coefficient (Wildman–Crippen LogP) is 2.03. The van der Waals surface area contributed by atoms with Gasteiger partial charge in [-0.15, -0.1) is 0 Å². The third kappa shape index (κ3) is 4.53. The highest BCUT2D eigenvalue weighted by molar-refractivity contribution is 6.06. The van der Waals surface area contributed by atoms with Gasteiger partial charge in [0.15, 0.2) is 0 Å². The lowest BCUT2D eigenvalue weighted by Crippen LogP contribution is -2.52. The number of carbonyl (C=O) groups excluding carboxylic acids is 3. The first-order chi connectivity index (χ1) is 18.7. The van der Waals surface area contributed by atoms with Crippen molar-refractivity contribution in [2.24, 2.45) is 0 Å². The molecular formula is C25H27FN4O4. The summed E-state index contributed by atoms with van der Waals surface area (Å²) in [5.74, 6) is -3.08. The molecule has 1 atom stereocenters. The van der Waals surface area contributed by atoms with E-state index >= 15 is 4.39 Å². The van der Waals surface area contributed by atoms with Gasteiger partial charge in [-0.05, 0) is 36.2 Å². The lowest BCUT2D eigenvalue weighted by atomic mass is 10.0. The van der Waals surface area contributed by atoms with E-state index in [1.165, 1.54) is 29.2 Å². The second kappa shape index (κ2) is 9.52. The van der Waals surface area contributed by atoms with Crippen molar-refractivity contribution in [2.75, 3.05) is 31.6 Å². The van der Waals surface area contributed by atoms with E-state index < -0.39 is 54.6 Å². The fraction of sp³-hybridized carbons (Fsp3) is 0.400. The van der Waals surface area contributed by atoms with E-state index in [9.17, 15) is 14.4 Å². The van der Waals surface area contributed by atoms with Crippen LogP contribution in [-0.2, 0) is 33.8 Å².